The first-order valence-electron chi connectivity index (χ1n) is 5.61. The summed E-state index contributed by atoms with van der Waals surface area (Å²) >= 11 is 0. The molecule has 4 unspecified atom stereocenters. The maximum Gasteiger partial charge on any atom is 0.0138 e. The van der Waals surface area contributed by atoms with Crippen molar-refractivity contribution in [2.75, 3.05) is 0 Å². The molecule has 0 heterocycles. The Hall–Kier alpha value is -0.300. The number of hydrogen-bond acceptors (Lipinski definition) is 1. The third kappa shape index (κ3) is 1.67. The van der Waals surface area contributed by atoms with E-state index >= 15 is 0 Å². The van der Waals surface area contributed by atoms with E-state index in [0.29, 0.717) is 6.04 Å². The SMILES string of the molecule is CC(C)C(C)NC1CC2CC=CC21. The Kier molecular flexibility index (Phi) is 2.46. The van der Waals surface area contributed by atoms with Crippen molar-refractivity contribution < 1.29 is 0 Å². The summed E-state index contributed by atoms with van der Waals surface area (Å²) in [4.78, 5) is 0. The van der Waals surface area contributed by atoms with Crippen molar-refractivity contribution in [3.8, 4) is 0 Å². The van der Waals surface area contributed by atoms with E-state index in [1.807, 2.05) is 0 Å². The molecule has 1 nitrogen and oxygen atoms in total. The second-order valence-electron chi connectivity index (χ2n) is 5.04. The first kappa shape index (κ1) is 9.26. The average molecular weight is 179 g/mol. The lowest BCUT2D eigenvalue weighted by Gasteiger charge is -2.43. The van der Waals surface area contributed by atoms with Crippen molar-refractivity contribution in [3.63, 3.8) is 0 Å². The van der Waals surface area contributed by atoms with Crippen LogP contribution < -0.4 is 5.32 Å². The van der Waals surface area contributed by atoms with Gasteiger partial charge in [-0.1, -0.05) is 26.0 Å². The van der Waals surface area contributed by atoms with Crippen molar-refractivity contribution in [3.05, 3.63) is 12.2 Å². The van der Waals surface area contributed by atoms with Gasteiger partial charge in [0.25, 0.3) is 0 Å². The van der Waals surface area contributed by atoms with Gasteiger partial charge in [-0.2, -0.15) is 0 Å². The van der Waals surface area contributed by atoms with E-state index in [4.69, 9.17) is 0 Å². The topological polar surface area (TPSA) is 12.0 Å². The molecule has 0 bridgehead atoms. The zero-order valence-electron chi connectivity index (χ0n) is 8.96. The van der Waals surface area contributed by atoms with E-state index in [9.17, 15) is 0 Å². The first-order chi connectivity index (χ1) is 6.18. The van der Waals surface area contributed by atoms with Gasteiger partial charge < -0.3 is 5.32 Å². The Balaban J connectivity index is 1.81. The van der Waals surface area contributed by atoms with Crippen molar-refractivity contribution in [1.29, 1.82) is 0 Å². The molecular weight excluding hydrogens is 158 g/mol. The van der Waals surface area contributed by atoms with Gasteiger partial charge in [0.1, 0.15) is 0 Å². The fourth-order valence-corrected chi connectivity index (χ4v) is 2.44. The molecule has 0 spiro atoms. The summed E-state index contributed by atoms with van der Waals surface area (Å²) in [6.45, 7) is 6.88. The molecule has 1 saturated carbocycles. The van der Waals surface area contributed by atoms with Crippen molar-refractivity contribution in [1.82, 2.24) is 5.32 Å². The van der Waals surface area contributed by atoms with E-state index in [2.05, 4.69) is 38.2 Å². The first-order valence-corrected chi connectivity index (χ1v) is 5.61. The summed E-state index contributed by atoms with van der Waals surface area (Å²) in [5.41, 5.74) is 0. The van der Waals surface area contributed by atoms with Crippen molar-refractivity contribution in [2.24, 2.45) is 17.8 Å². The Morgan fingerprint density at radius 3 is 2.69 bits per heavy atom. The molecule has 1 heteroatoms. The lowest BCUT2D eigenvalue weighted by atomic mass is 9.71. The van der Waals surface area contributed by atoms with Crippen LogP contribution in [0.15, 0.2) is 12.2 Å². The zero-order valence-corrected chi connectivity index (χ0v) is 8.96. The van der Waals surface area contributed by atoms with Crippen LogP contribution in [0.4, 0.5) is 0 Å². The molecule has 2 aliphatic carbocycles. The van der Waals surface area contributed by atoms with Gasteiger partial charge in [-0.3, -0.25) is 0 Å². The van der Waals surface area contributed by atoms with Crippen LogP contribution in [0.5, 0.6) is 0 Å². The number of nitrogens with one attached hydrogen (secondary N) is 1. The Labute approximate surface area is 81.6 Å². The number of allylic oxidation sites excluding steroid dienone is 1. The minimum absolute atomic E-state index is 0.667. The van der Waals surface area contributed by atoms with Crippen LogP contribution in [0.2, 0.25) is 0 Å². The molecule has 13 heavy (non-hydrogen) atoms. The fourth-order valence-electron chi connectivity index (χ4n) is 2.44. The van der Waals surface area contributed by atoms with E-state index in [1.54, 1.807) is 0 Å². The highest BCUT2D eigenvalue weighted by molar-refractivity contribution is 5.13. The van der Waals surface area contributed by atoms with E-state index < -0.39 is 0 Å². The third-order valence-electron chi connectivity index (χ3n) is 3.84. The molecule has 74 valence electrons. The van der Waals surface area contributed by atoms with Gasteiger partial charge >= 0.3 is 0 Å². The predicted molar refractivity (Wildman–Crippen MR) is 56.6 cm³/mol. The van der Waals surface area contributed by atoms with E-state index in [-0.39, 0.29) is 0 Å². The minimum atomic E-state index is 0.667. The van der Waals surface area contributed by atoms with Crippen LogP contribution in [-0.2, 0) is 0 Å². The van der Waals surface area contributed by atoms with Gasteiger partial charge in [0.05, 0.1) is 0 Å². The van der Waals surface area contributed by atoms with Crippen LogP contribution >= 0.6 is 0 Å². The molecule has 1 fully saturated rings. The normalized spacial score (nSPS) is 38.9. The molecule has 2 aliphatic rings. The highest BCUT2D eigenvalue weighted by atomic mass is 15.0. The summed E-state index contributed by atoms with van der Waals surface area (Å²) in [6, 6.07) is 1.45. The smallest absolute Gasteiger partial charge is 0.0138 e. The van der Waals surface area contributed by atoms with E-state index in [1.165, 1.54) is 12.8 Å². The molecule has 0 aromatic carbocycles. The second kappa shape index (κ2) is 3.45. The average Bonchev–Trinajstić information content (AvgIpc) is 2.42. The largest absolute Gasteiger partial charge is 0.311 e. The summed E-state index contributed by atoms with van der Waals surface area (Å²) < 4.78 is 0. The molecule has 1 N–H and O–H groups in total. The van der Waals surface area contributed by atoms with E-state index in [0.717, 1.165) is 23.8 Å². The maximum absolute atomic E-state index is 3.74. The minimum Gasteiger partial charge on any atom is -0.311 e. The van der Waals surface area contributed by atoms with Crippen molar-refractivity contribution in [2.45, 2.75) is 45.7 Å². The van der Waals surface area contributed by atoms with Gasteiger partial charge in [-0.05, 0) is 37.5 Å². The van der Waals surface area contributed by atoms with Crippen LogP contribution in [0, 0.1) is 17.8 Å². The van der Waals surface area contributed by atoms with Gasteiger partial charge in [-0.25, -0.2) is 0 Å². The van der Waals surface area contributed by atoms with Gasteiger partial charge in [0.15, 0.2) is 0 Å². The van der Waals surface area contributed by atoms with Gasteiger partial charge in [-0.15, -0.1) is 0 Å². The molecule has 0 radical (unpaired) electrons. The molecule has 2 rings (SSSR count). The zero-order chi connectivity index (χ0) is 9.42. The van der Waals surface area contributed by atoms with Crippen LogP contribution in [-0.4, -0.2) is 12.1 Å². The second-order valence-corrected chi connectivity index (χ2v) is 5.04. The molecule has 0 amide bonds. The van der Waals surface area contributed by atoms with Gasteiger partial charge in [0.2, 0.25) is 0 Å². The molecule has 0 saturated heterocycles. The van der Waals surface area contributed by atoms with Crippen LogP contribution in [0.1, 0.15) is 33.6 Å². The third-order valence-corrected chi connectivity index (χ3v) is 3.84. The maximum atomic E-state index is 3.74. The summed E-state index contributed by atoms with van der Waals surface area (Å²) in [5.74, 6) is 2.60. The Bertz CT molecular complexity index is 207. The predicted octanol–water partition coefficient (Wildman–Crippen LogP) is 2.59. The highest BCUT2D eigenvalue weighted by Crippen LogP contribution is 2.42. The number of hydrogen-bond donors (Lipinski definition) is 1. The fraction of sp³-hybridized carbons (Fsp3) is 0.833. The summed E-state index contributed by atoms with van der Waals surface area (Å²) in [5, 5.41) is 3.74. The monoisotopic (exact) mass is 179 g/mol. The highest BCUT2D eigenvalue weighted by Gasteiger charge is 2.41. The molecular formula is C12H21N. The van der Waals surface area contributed by atoms with Crippen LogP contribution in [0.25, 0.3) is 0 Å². The Morgan fingerprint density at radius 2 is 2.08 bits per heavy atom. The van der Waals surface area contributed by atoms with Gasteiger partial charge in [0, 0.05) is 12.1 Å². The molecule has 0 aromatic heterocycles. The summed E-state index contributed by atoms with van der Waals surface area (Å²) in [6.07, 6.45) is 7.50. The Morgan fingerprint density at radius 1 is 1.31 bits per heavy atom. The lowest BCUT2D eigenvalue weighted by molar-refractivity contribution is 0.144. The number of rotatable bonds is 3. The lowest BCUT2D eigenvalue weighted by Crippen LogP contribution is -2.52. The quantitative estimate of drug-likeness (QED) is 0.657. The summed E-state index contributed by atoms with van der Waals surface area (Å²) in [7, 11) is 0. The number of fused-ring (bicyclic) bond motifs is 1. The standard InChI is InChI=1S/C12H21N/c1-8(2)9(3)13-12-7-10-5-4-6-11(10)12/h4,6,8-13H,5,7H2,1-3H3. The molecule has 0 aliphatic heterocycles. The molecule has 4 atom stereocenters. The van der Waals surface area contributed by atoms with Crippen LogP contribution in [0.3, 0.4) is 0 Å². The van der Waals surface area contributed by atoms with Crippen molar-refractivity contribution >= 4 is 0 Å². The molecule has 0 aromatic rings.